The monoisotopic (exact) mass is 224 g/mol. The minimum Gasteiger partial charge on any atom is -0.224 e. The second-order valence-electron chi connectivity index (χ2n) is 2.79. The van der Waals surface area contributed by atoms with Gasteiger partial charge in [-0.3, -0.25) is 0 Å². The van der Waals surface area contributed by atoms with E-state index in [2.05, 4.69) is 0 Å². The van der Waals surface area contributed by atoms with Crippen molar-refractivity contribution in [2.45, 2.75) is 11.1 Å². The lowest BCUT2D eigenvalue weighted by molar-refractivity contribution is -0.137. The average molecular weight is 224 g/mol. The van der Waals surface area contributed by atoms with Gasteiger partial charge < -0.3 is 0 Å². The molecule has 0 aromatic heterocycles. The molecule has 0 aliphatic rings. The average Bonchev–Trinajstić information content (AvgIpc) is 2.01. The molecule has 2 nitrogen and oxygen atoms in total. The molecule has 0 radical (unpaired) electrons. The lowest BCUT2D eigenvalue weighted by Crippen LogP contribution is -2.05. The number of hydrogen-bond acceptors (Lipinski definition) is 2. The van der Waals surface area contributed by atoms with Crippen LogP contribution in [0.25, 0.3) is 0 Å². The quantitative estimate of drug-likeness (QED) is 0.732. The Hall–Kier alpha value is -1.04. The number of hydrogen-bond donors (Lipinski definition) is 0. The van der Waals surface area contributed by atoms with Crippen molar-refractivity contribution in [3.8, 4) is 0 Å². The topological polar surface area (TPSA) is 34.1 Å². The molecule has 0 saturated carbocycles. The molecule has 0 N–H and O–H groups in total. The Morgan fingerprint density at radius 3 is 1.79 bits per heavy atom. The summed E-state index contributed by atoms with van der Waals surface area (Å²) in [6.07, 6.45) is -3.49. The molecule has 0 atom stereocenters. The highest BCUT2D eigenvalue weighted by molar-refractivity contribution is 7.90. The van der Waals surface area contributed by atoms with Crippen LogP contribution in [0.15, 0.2) is 29.2 Å². The lowest BCUT2D eigenvalue weighted by atomic mass is 10.2. The Labute approximate surface area is 79.3 Å². The van der Waals surface area contributed by atoms with Gasteiger partial charge in [-0.2, -0.15) is 13.2 Å². The summed E-state index contributed by atoms with van der Waals surface area (Å²) in [6, 6.07) is 3.38. The van der Waals surface area contributed by atoms with Crippen LogP contribution in [0.1, 0.15) is 5.56 Å². The second kappa shape index (κ2) is 3.27. The Morgan fingerprint density at radius 1 is 1.07 bits per heavy atom. The van der Waals surface area contributed by atoms with Crippen molar-refractivity contribution in [1.29, 1.82) is 0 Å². The third-order valence-electron chi connectivity index (χ3n) is 1.61. The van der Waals surface area contributed by atoms with E-state index >= 15 is 0 Å². The van der Waals surface area contributed by atoms with Gasteiger partial charge in [-0.15, -0.1) is 0 Å². The van der Waals surface area contributed by atoms with Crippen LogP contribution in [0.3, 0.4) is 0 Å². The van der Waals surface area contributed by atoms with E-state index in [1.54, 1.807) is 0 Å². The Bertz CT molecular complexity index is 417. The predicted molar refractivity (Wildman–Crippen MR) is 44.6 cm³/mol. The SMILES string of the molecule is CS(=O)(=O)c1ccc(C(F)(F)F)cc1. The molecule has 0 heterocycles. The van der Waals surface area contributed by atoms with Gasteiger partial charge in [-0.05, 0) is 24.3 Å². The first kappa shape index (κ1) is 11.0. The molecular formula is C8H7F3O2S. The third kappa shape index (κ3) is 2.47. The summed E-state index contributed by atoms with van der Waals surface area (Å²) in [5.41, 5.74) is -0.857. The first-order chi connectivity index (χ1) is 6.21. The first-order valence-electron chi connectivity index (χ1n) is 3.58. The summed E-state index contributed by atoms with van der Waals surface area (Å²) in [7, 11) is -3.43. The van der Waals surface area contributed by atoms with E-state index in [9.17, 15) is 21.6 Å². The van der Waals surface area contributed by atoms with Crippen molar-refractivity contribution in [1.82, 2.24) is 0 Å². The van der Waals surface area contributed by atoms with Gasteiger partial charge in [0.25, 0.3) is 0 Å². The van der Waals surface area contributed by atoms with E-state index in [0.717, 1.165) is 30.5 Å². The zero-order valence-corrected chi connectivity index (χ0v) is 7.98. The fourth-order valence-corrected chi connectivity index (χ4v) is 1.52. The van der Waals surface area contributed by atoms with Gasteiger partial charge in [-0.25, -0.2) is 8.42 Å². The molecule has 1 aromatic carbocycles. The van der Waals surface area contributed by atoms with Crippen molar-refractivity contribution in [3.63, 3.8) is 0 Å². The number of halogens is 3. The van der Waals surface area contributed by atoms with Crippen LogP contribution >= 0.6 is 0 Å². The number of alkyl halides is 3. The summed E-state index contributed by atoms with van der Waals surface area (Å²) < 4.78 is 58.0. The van der Waals surface area contributed by atoms with Gasteiger partial charge in [0, 0.05) is 6.26 Å². The summed E-state index contributed by atoms with van der Waals surface area (Å²) in [5, 5.41) is 0. The molecule has 0 aliphatic carbocycles. The maximum atomic E-state index is 12.1. The standard InChI is InChI=1S/C8H7F3O2S/c1-14(12,13)7-4-2-6(3-5-7)8(9,10)11/h2-5H,1H3. The maximum Gasteiger partial charge on any atom is 0.416 e. The van der Waals surface area contributed by atoms with E-state index in [-0.39, 0.29) is 4.90 Å². The van der Waals surface area contributed by atoms with Crippen LogP contribution in [-0.2, 0) is 16.0 Å². The molecular weight excluding hydrogens is 217 g/mol. The van der Waals surface area contributed by atoms with Crippen LogP contribution in [-0.4, -0.2) is 14.7 Å². The molecule has 0 amide bonds. The minimum absolute atomic E-state index is 0.120. The largest absolute Gasteiger partial charge is 0.416 e. The van der Waals surface area contributed by atoms with Crippen LogP contribution in [0.4, 0.5) is 13.2 Å². The molecule has 6 heteroatoms. The lowest BCUT2D eigenvalue weighted by Gasteiger charge is -2.06. The molecule has 0 aliphatic heterocycles. The van der Waals surface area contributed by atoms with E-state index < -0.39 is 21.6 Å². The molecule has 0 saturated heterocycles. The van der Waals surface area contributed by atoms with Gasteiger partial charge >= 0.3 is 6.18 Å². The molecule has 0 unspecified atom stereocenters. The molecule has 78 valence electrons. The highest BCUT2D eigenvalue weighted by Crippen LogP contribution is 2.29. The van der Waals surface area contributed by atoms with Crippen molar-refractivity contribution in [2.24, 2.45) is 0 Å². The van der Waals surface area contributed by atoms with Crippen molar-refractivity contribution in [3.05, 3.63) is 29.8 Å². The predicted octanol–water partition coefficient (Wildman–Crippen LogP) is 2.11. The zero-order chi connectivity index (χ0) is 11.0. The van der Waals surface area contributed by atoms with Crippen LogP contribution < -0.4 is 0 Å². The molecule has 0 fully saturated rings. The second-order valence-corrected chi connectivity index (χ2v) is 4.81. The minimum atomic E-state index is -4.43. The summed E-state index contributed by atoms with van der Waals surface area (Å²) in [6.45, 7) is 0. The fourth-order valence-electron chi connectivity index (χ4n) is 0.891. The molecule has 1 rings (SSSR count). The van der Waals surface area contributed by atoms with Crippen molar-refractivity contribution >= 4 is 9.84 Å². The van der Waals surface area contributed by atoms with Crippen LogP contribution in [0, 0.1) is 0 Å². The number of benzene rings is 1. The Kier molecular flexibility index (Phi) is 2.58. The molecule has 0 spiro atoms. The van der Waals surface area contributed by atoms with Gasteiger partial charge in [-0.1, -0.05) is 0 Å². The number of sulfone groups is 1. The highest BCUT2D eigenvalue weighted by Gasteiger charge is 2.30. The summed E-state index contributed by atoms with van der Waals surface area (Å²) >= 11 is 0. The van der Waals surface area contributed by atoms with E-state index in [1.165, 1.54) is 0 Å². The zero-order valence-electron chi connectivity index (χ0n) is 7.17. The number of rotatable bonds is 1. The maximum absolute atomic E-state index is 12.1. The van der Waals surface area contributed by atoms with Crippen molar-refractivity contribution in [2.75, 3.05) is 6.26 Å². The Morgan fingerprint density at radius 2 is 1.50 bits per heavy atom. The van der Waals surface area contributed by atoms with Gasteiger partial charge in [0.2, 0.25) is 0 Å². The molecule has 14 heavy (non-hydrogen) atoms. The highest BCUT2D eigenvalue weighted by atomic mass is 32.2. The molecule has 1 aromatic rings. The Balaban J connectivity index is 3.14. The fraction of sp³-hybridized carbons (Fsp3) is 0.250. The van der Waals surface area contributed by atoms with Gasteiger partial charge in [0.05, 0.1) is 10.5 Å². The molecule has 0 bridgehead atoms. The van der Waals surface area contributed by atoms with E-state index in [4.69, 9.17) is 0 Å². The van der Waals surface area contributed by atoms with Gasteiger partial charge in [0.15, 0.2) is 9.84 Å². The first-order valence-corrected chi connectivity index (χ1v) is 5.48. The summed E-state index contributed by atoms with van der Waals surface area (Å²) in [4.78, 5) is -0.120. The normalized spacial score (nSPS) is 12.9. The van der Waals surface area contributed by atoms with Gasteiger partial charge in [0.1, 0.15) is 0 Å². The van der Waals surface area contributed by atoms with E-state index in [1.807, 2.05) is 0 Å². The van der Waals surface area contributed by atoms with E-state index in [0.29, 0.717) is 0 Å². The van der Waals surface area contributed by atoms with Crippen LogP contribution in [0.2, 0.25) is 0 Å². The van der Waals surface area contributed by atoms with Crippen LogP contribution in [0.5, 0.6) is 0 Å². The third-order valence-corrected chi connectivity index (χ3v) is 2.74. The smallest absolute Gasteiger partial charge is 0.224 e. The summed E-state index contributed by atoms with van der Waals surface area (Å²) in [5.74, 6) is 0. The van der Waals surface area contributed by atoms with Crippen molar-refractivity contribution < 1.29 is 21.6 Å².